The zero-order chi connectivity index (χ0) is 24.4. The van der Waals surface area contributed by atoms with Gasteiger partial charge in [0.15, 0.2) is 0 Å². The maximum atomic E-state index is 13.2. The van der Waals surface area contributed by atoms with Gasteiger partial charge >= 0.3 is 5.69 Å². The number of carbonyl (C=O) groups is 1. The van der Waals surface area contributed by atoms with Crippen LogP contribution in [0.25, 0.3) is 10.9 Å². The van der Waals surface area contributed by atoms with E-state index in [1.807, 2.05) is 23.1 Å². The lowest BCUT2D eigenvalue weighted by Crippen LogP contribution is -2.51. The normalized spacial score (nSPS) is 20.7. The predicted octanol–water partition coefficient (Wildman–Crippen LogP) is 2.85. The summed E-state index contributed by atoms with van der Waals surface area (Å²) in [5.74, 6) is 1.34. The third-order valence-corrected chi connectivity index (χ3v) is 7.54. The number of nitrogens with zero attached hydrogens (tertiary/aromatic N) is 3. The van der Waals surface area contributed by atoms with Gasteiger partial charge < -0.3 is 19.5 Å². The Labute approximate surface area is 204 Å². The molecular weight excluding hydrogens is 444 g/mol. The van der Waals surface area contributed by atoms with E-state index < -0.39 is 0 Å². The van der Waals surface area contributed by atoms with Crippen molar-refractivity contribution in [2.45, 2.75) is 32.2 Å². The second-order valence-corrected chi connectivity index (χ2v) is 9.59. The Morgan fingerprint density at radius 1 is 0.943 bits per heavy atom. The first-order chi connectivity index (χ1) is 17.0. The molecule has 1 aliphatic carbocycles. The van der Waals surface area contributed by atoms with Crippen LogP contribution in [0.3, 0.4) is 0 Å². The maximum Gasteiger partial charge on any atom is 0.328 e. The molecule has 2 fully saturated rings. The molecule has 1 N–H and O–H groups in total. The van der Waals surface area contributed by atoms with Crippen LogP contribution in [0.2, 0.25) is 0 Å². The van der Waals surface area contributed by atoms with Crippen molar-refractivity contribution in [1.29, 1.82) is 0 Å². The number of hydrogen-bond acceptors (Lipinski definition) is 5. The molecular formula is C27H32N4O4. The molecule has 3 aromatic rings. The molecule has 0 radical (unpaired) electrons. The summed E-state index contributed by atoms with van der Waals surface area (Å²) in [6, 6.07) is 15.1. The van der Waals surface area contributed by atoms with E-state index in [0.717, 1.165) is 50.2 Å². The average Bonchev–Trinajstić information content (AvgIpc) is 2.91. The predicted molar refractivity (Wildman–Crippen MR) is 136 cm³/mol. The Bertz CT molecular complexity index is 1310. The minimum atomic E-state index is -0.361. The van der Waals surface area contributed by atoms with Gasteiger partial charge in [-0.1, -0.05) is 24.3 Å². The van der Waals surface area contributed by atoms with E-state index in [0.29, 0.717) is 30.5 Å². The van der Waals surface area contributed by atoms with Crippen LogP contribution in [0.15, 0.2) is 58.1 Å². The number of aromatic nitrogens is 2. The number of ether oxygens (including phenoxy) is 1. The maximum absolute atomic E-state index is 13.2. The van der Waals surface area contributed by atoms with Crippen LogP contribution in [-0.4, -0.2) is 53.6 Å². The van der Waals surface area contributed by atoms with Crippen LogP contribution in [0, 0.1) is 11.8 Å². The molecule has 0 spiro atoms. The quantitative estimate of drug-likeness (QED) is 0.612. The summed E-state index contributed by atoms with van der Waals surface area (Å²) in [6.07, 6.45) is 3.29. The average molecular weight is 477 g/mol. The lowest BCUT2D eigenvalue weighted by Gasteiger charge is -2.39. The summed E-state index contributed by atoms with van der Waals surface area (Å²) in [5.41, 5.74) is 1.04. The van der Waals surface area contributed by atoms with Gasteiger partial charge in [-0.2, -0.15) is 0 Å². The first-order valence-corrected chi connectivity index (χ1v) is 12.4. The van der Waals surface area contributed by atoms with Crippen molar-refractivity contribution >= 4 is 22.5 Å². The zero-order valence-electron chi connectivity index (χ0n) is 20.1. The van der Waals surface area contributed by atoms with Gasteiger partial charge in [-0.15, -0.1) is 0 Å². The van der Waals surface area contributed by atoms with E-state index >= 15 is 0 Å². The monoisotopic (exact) mass is 476 g/mol. The largest absolute Gasteiger partial charge is 0.495 e. The number of hydrogen-bond donors (Lipinski definition) is 1. The van der Waals surface area contributed by atoms with Crippen LogP contribution < -0.4 is 20.9 Å². The third-order valence-electron chi connectivity index (χ3n) is 7.54. The first kappa shape index (κ1) is 23.2. The fourth-order valence-corrected chi connectivity index (χ4v) is 5.53. The minimum absolute atomic E-state index is 0.0238. The van der Waals surface area contributed by atoms with Crippen molar-refractivity contribution in [3.8, 4) is 5.75 Å². The zero-order valence-corrected chi connectivity index (χ0v) is 20.1. The van der Waals surface area contributed by atoms with Crippen LogP contribution in [0.4, 0.5) is 5.69 Å². The number of rotatable bonds is 5. The molecule has 2 aromatic carbocycles. The smallest absolute Gasteiger partial charge is 0.328 e. The SMILES string of the molecule is COc1ccccc1N1CCN(C(=O)C2CCC(Cn3c(=O)[nH]c4ccccc4c3=O)CC2)CC1. The molecule has 0 unspecified atom stereocenters. The lowest BCUT2D eigenvalue weighted by molar-refractivity contribution is -0.137. The summed E-state index contributed by atoms with van der Waals surface area (Å²) >= 11 is 0. The Kier molecular flexibility index (Phi) is 6.61. The number of methoxy groups -OCH3 is 1. The summed E-state index contributed by atoms with van der Waals surface area (Å²) in [4.78, 5) is 45.7. The number of carbonyl (C=O) groups excluding carboxylic acids is 1. The highest BCUT2D eigenvalue weighted by atomic mass is 16.5. The van der Waals surface area contributed by atoms with Gasteiger partial charge in [-0.3, -0.25) is 14.2 Å². The second kappa shape index (κ2) is 9.98. The molecule has 5 rings (SSSR count). The molecule has 2 aliphatic rings. The Hall–Kier alpha value is -3.55. The molecule has 1 aliphatic heterocycles. The fraction of sp³-hybridized carbons (Fsp3) is 0.444. The lowest BCUT2D eigenvalue weighted by atomic mass is 9.81. The van der Waals surface area contributed by atoms with Crippen LogP contribution in [0.5, 0.6) is 5.75 Å². The number of H-pyrrole nitrogens is 1. The van der Waals surface area contributed by atoms with Gasteiger partial charge in [0.1, 0.15) is 5.75 Å². The molecule has 1 saturated heterocycles. The highest BCUT2D eigenvalue weighted by Gasteiger charge is 2.32. The van der Waals surface area contributed by atoms with Gasteiger partial charge in [-0.05, 0) is 55.9 Å². The van der Waals surface area contributed by atoms with E-state index in [1.165, 1.54) is 4.57 Å². The van der Waals surface area contributed by atoms with Crippen LogP contribution in [0.1, 0.15) is 25.7 Å². The fourth-order valence-electron chi connectivity index (χ4n) is 5.53. The molecule has 1 aromatic heterocycles. The Morgan fingerprint density at radius 3 is 2.37 bits per heavy atom. The van der Waals surface area contributed by atoms with Crippen molar-refractivity contribution in [3.05, 3.63) is 69.4 Å². The van der Waals surface area contributed by atoms with E-state index in [1.54, 1.807) is 31.4 Å². The number of nitrogens with one attached hydrogen (secondary N) is 1. The van der Waals surface area contributed by atoms with Crippen molar-refractivity contribution in [2.24, 2.45) is 11.8 Å². The van der Waals surface area contributed by atoms with E-state index in [9.17, 15) is 14.4 Å². The summed E-state index contributed by atoms with van der Waals surface area (Å²) in [7, 11) is 1.68. The van der Waals surface area contributed by atoms with Gasteiger partial charge in [0.2, 0.25) is 5.91 Å². The van der Waals surface area contributed by atoms with Crippen LogP contribution >= 0.6 is 0 Å². The number of amides is 1. The molecule has 35 heavy (non-hydrogen) atoms. The van der Waals surface area contributed by atoms with E-state index in [-0.39, 0.29) is 29.0 Å². The number of aromatic amines is 1. The van der Waals surface area contributed by atoms with Crippen molar-refractivity contribution in [1.82, 2.24) is 14.5 Å². The number of para-hydroxylation sites is 3. The summed E-state index contributed by atoms with van der Waals surface area (Å²) in [5, 5.41) is 0.531. The van der Waals surface area contributed by atoms with E-state index in [2.05, 4.69) is 16.0 Å². The van der Waals surface area contributed by atoms with Gasteiger partial charge in [0.05, 0.1) is 23.7 Å². The number of benzene rings is 2. The number of anilines is 1. The second-order valence-electron chi connectivity index (χ2n) is 9.59. The summed E-state index contributed by atoms with van der Waals surface area (Å²) in [6.45, 7) is 3.39. The van der Waals surface area contributed by atoms with Crippen molar-refractivity contribution in [2.75, 3.05) is 38.2 Å². The standard InChI is InChI=1S/C27H32N4O4/c1-35-24-9-5-4-8-23(24)29-14-16-30(17-15-29)25(32)20-12-10-19(11-13-20)18-31-26(33)21-6-2-3-7-22(21)28-27(31)34/h2-9,19-20H,10-18H2,1H3,(H,28,34). The molecule has 2 heterocycles. The van der Waals surface area contributed by atoms with Crippen LogP contribution in [-0.2, 0) is 11.3 Å². The van der Waals surface area contributed by atoms with E-state index in [4.69, 9.17) is 4.74 Å². The molecule has 8 heteroatoms. The van der Waals surface area contributed by atoms with Gasteiger partial charge in [0, 0.05) is 38.6 Å². The Balaban J connectivity index is 1.16. The highest BCUT2D eigenvalue weighted by molar-refractivity contribution is 5.79. The highest BCUT2D eigenvalue weighted by Crippen LogP contribution is 2.32. The molecule has 1 saturated carbocycles. The topological polar surface area (TPSA) is 87.6 Å². The molecule has 8 nitrogen and oxygen atoms in total. The van der Waals surface area contributed by atoms with Gasteiger partial charge in [-0.25, -0.2) is 4.79 Å². The number of piperazine rings is 1. The third kappa shape index (κ3) is 4.70. The van der Waals surface area contributed by atoms with Gasteiger partial charge in [0.25, 0.3) is 5.56 Å². The number of fused-ring (bicyclic) bond motifs is 1. The Morgan fingerprint density at radius 2 is 1.63 bits per heavy atom. The molecule has 0 atom stereocenters. The summed E-state index contributed by atoms with van der Waals surface area (Å²) < 4.78 is 6.82. The minimum Gasteiger partial charge on any atom is -0.495 e. The molecule has 1 amide bonds. The van der Waals surface area contributed by atoms with Crippen molar-refractivity contribution in [3.63, 3.8) is 0 Å². The molecule has 184 valence electrons. The molecule has 0 bridgehead atoms. The van der Waals surface area contributed by atoms with Crippen molar-refractivity contribution < 1.29 is 9.53 Å². The first-order valence-electron chi connectivity index (χ1n) is 12.4.